The standard InChI is InChI=1S/C24H33Cl2F2N3O2/c1-23(27,28)16-30-9-10-31(22(32)12-17-5-6-19(25)20(26)11-17)24(2)18(14-33-15-21(24)30)13-29-7-3-4-8-29/h5-6,11,18,21H,3-4,7-10,12-16H2,1-2H3. The summed E-state index contributed by atoms with van der Waals surface area (Å²) in [5, 5.41) is 0.864. The number of hydrogen-bond donors (Lipinski definition) is 0. The SMILES string of the molecule is CC(F)(F)CN1CCN(C(=O)Cc2ccc(Cl)c(Cl)c2)C2(C)C(CN3CCCC3)COCC12. The molecule has 3 aliphatic heterocycles. The summed E-state index contributed by atoms with van der Waals surface area (Å²) in [7, 11) is 0. The van der Waals surface area contributed by atoms with E-state index in [1.54, 1.807) is 12.1 Å². The van der Waals surface area contributed by atoms with Gasteiger partial charge in [0.05, 0.1) is 47.8 Å². The van der Waals surface area contributed by atoms with Gasteiger partial charge in [0.25, 0.3) is 5.92 Å². The second-order valence-electron chi connectivity index (χ2n) is 10.00. The van der Waals surface area contributed by atoms with Crippen molar-refractivity contribution in [2.24, 2.45) is 5.92 Å². The Morgan fingerprint density at radius 1 is 1.15 bits per heavy atom. The van der Waals surface area contributed by atoms with Crippen LogP contribution in [-0.2, 0) is 16.0 Å². The largest absolute Gasteiger partial charge is 0.379 e. The van der Waals surface area contributed by atoms with Crippen molar-refractivity contribution in [1.29, 1.82) is 0 Å². The number of nitrogens with zero attached hydrogens (tertiary/aromatic N) is 3. The Hall–Kier alpha value is -0.990. The molecule has 3 aliphatic rings. The van der Waals surface area contributed by atoms with Crippen LogP contribution in [0.3, 0.4) is 0 Å². The molecule has 3 fully saturated rings. The van der Waals surface area contributed by atoms with Gasteiger partial charge >= 0.3 is 0 Å². The summed E-state index contributed by atoms with van der Waals surface area (Å²) in [5.41, 5.74) is 0.192. The normalized spacial score (nSPS) is 29.3. The number of piperazine rings is 1. The Labute approximate surface area is 204 Å². The van der Waals surface area contributed by atoms with Gasteiger partial charge in [0, 0.05) is 32.5 Å². The third kappa shape index (κ3) is 5.48. The van der Waals surface area contributed by atoms with E-state index in [4.69, 9.17) is 27.9 Å². The molecule has 0 aliphatic carbocycles. The lowest BCUT2D eigenvalue weighted by Crippen LogP contribution is -2.76. The molecule has 0 bridgehead atoms. The van der Waals surface area contributed by atoms with Gasteiger partial charge in [-0.25, -0.2) is 8.78 Å². The number of carbonyl (C=O) groups is 1. The van der Waals surface area contributed by atoms with Crippen molar-refractivity contribution >= 4 is 29.1 Å². The lowest BCUT2D eigenvalue weighted by atomic mass is 9.73. The summed E-state index contributed by atoms with van der Waals surface area (Å²) in [6.45, 7) is 7.26. The minimum Gasteiger partial charge on any atom is -0.379 e. The van der Waals surface area contributed by atoms with Crippen LogP contribution >= 0.6 is 23.2 Å². The van der Waals surface area contributed by atoms with Gasteiger partial charge in [-0.2, -0.15) is 0 Å². The van der Waals surface area contributed by atoms with Gasteiger partial charge in [0.15, 0.2) is 0 Å². The molecule has 3 saturated heterocycles. The van der Waals surface area contributed by atoms with Gasteiger partial charge in [0.1, 0.15) is 0 Å². The average Bonchev–Trinajstić information content (AvgIpc) is 3.24. The number of rotatable bonds is 6. The lowest BCUT2D eigenvalue weighted by Gasteiger charge is -2.60. The van der Waals surface area contributed by atoms with Crippen LogP contribution in [0.5, 0.6) is 0 Å². The van der Waals surface area contributed by atoms with Gasteiger partial charge in [0.2, 0.25) is 5.91 Å². The van der Waals surface area contributed by atoms with Crippen molar-refractivity contribution < 1.29 is 18.3 Å². The predicted molar refractivity (Wildman–Crippen MR) is 126 cm³/mol. The second-order valence-corrected chi connectivity index (χ2v) is 10.8. The number of hydrogen-bond acceptors (Lipinski definition) is 4. The highest BCUT2D eigenvalue weighted by Crippen LogP contribution is 2.40. The van der Waals surface area contributed by atoms with E-state index in [-0.39, 0.29) is 30.8 Å². The van der Waals surface area contributed by atoms with E-state index in [0.717, 1.165) is 32.1 Å². The maximum atomic E-state index is 14.0. The Bertz CT molecular complexity index is 863. The fourth-order valence-electron chi connectivity index (χ4n) is 5.81. The number of halogens is 4. The van der Waals surface area contributed by atoms with E-state index in [9.17, 15) is 13.6 Å². The minimum absolute atomic E-state index is 0.0166. The van der Waals surface area contributed by atoms with Crippen molar-refractivity contribution in [3.63, 3.8) is 0 Å². The van der Waals surface area contributed by atoms with Crippen molar-refractivity contribution in [3.8, 4) is 0 Å². The molecule has 4 rings (SSSR count). The molecule has 1 aromatic carbocycles. The number of likely N-dealkylation sites (tertiary alicyclic amines) is 1. The molecule has 0 spiro atoms. The van der Waals surface area contributed by atoms with E-state index >= 15 is 0 Å². The number of alkyl halides is 2. The molecular weight excluding hydrogens is 471 g/mol. The van der Waals surface area contributed by atoms with E-state index in [0.29, 0.717) is 36.3 Å². The topological polar surface area (TPSA) is 36.0 Å². The van der Waals surface area contributed by atoms with Crippen LogP contribution in [0.2, 0.25) is 10.0 Å². The van der Waals surface area contributed by atoms with Gasteiger partial charge in [-0.1, -0.05) is 29.3 Å². The fourth-order valence-corrected chi connectivity index (χ4v) is 6.13. The molecular formula is C24H33Cl2F2N3O2. The van der Waals surface area contributed by atoms with Gasteiger partial charge in [-0.15, -0.1) is 0 Å². The van der Waals surface area contributed by atoms with Crippen LogP contribution < -0.4 is 0 Å². The highest BCUT2D eigenvalue weighted by molar-refractivity contribution is 6.42. The smallest absolute Gasteiger partial charge is 0.257 e. The summed E-state index contributed by atoms with van der Waals surface area (Å²) < 4.78 is 34.0. The number of benzene rings is 1. The van der Waals surface area contributed by atoms with E-state index in [2.05, 4.69) is 11.8 Å². The molecule has 3 unspecified atom stereocenters. The van der Waals surface area contributed by atoms with Crippen molar-refractivity contribution in [1.82, 2.24) is 14.7 Å². The molecule has 0 N–H and O–H groups in total. The number of ether oxygens (including phenoxy) is 1. The number of amides is 1. The molecule has 33 heavy (non-hydrogen) atoms. The Morgan fingerprint density at radius 3 is 2.55 bits per heavy atom. The molecule has 9 heteroatoms. The van der Waals surface area contributed by atoms with Gasteiger partial charge in [-0.05, 0) is 50.6 Å². The van der Waals surface area contributed by atoms with Gasteiger partial charge in [-0.3, -0.25) is 9.69 Å². The van der Waals surface area contributed by atoms with Crippen molar-refractivity contribution in [2.75, 3.05) is 52.5 Å². The number of carbonyl (C=O) groups excluding carboxylic acids is 1. The molecule has 0 aromatic heterocycles. The minimum atomic E-state index is -2.81. The Kier molecular flexibility index (Phi) is 7.56. The summed E-state index contributed by atoms with van der Waals surface area (Å²) in [5.74, 6) is -2.79. The van der Waals surface area contributed by atoms with Crippen LogP contribution in [0, 0.1) is 5.92 Å². The molecule has 3 atom stereocenters. The third-order valence-electron chi connectivity index (χ3n) is 7.53. The second kappa shape index (κ2) is 9.94. The molecule has 184 valence electrons. The van der Waals surface area contributed by atoms with E-state index < -0.39 is 11.5 Å². The van der Waals surface area contributed by atoms with Crippen LogP contribution in [0.4, 0.5) is 8.78 Å². The quantitative estimate of drug-likeness (QED) is 0.582. The fraction of sp³-hybridized carbons (Fsp3) is 0.708. The predicted octanol–water partition coefficient (Wildman–Crippen LogP) is 4.20. The van der Waals surface area contributed by atoms with Crippen LogP contribution in [0.1, 0.15) is 32.3 Å². The molecule has 3 heterocycles. The molecule has 5 nitrogen and oxygen atoms in total. The zero-order chi connectivity index (χ0) is 23.8. The van der Waals surface area contributed by atoms with Crippen molar-refractivity contribution in [2.45, 2.75) is 50.6 Å². The zero-order valence-corrected chi connectivity index (χ0v) is 20.8. The first-order valence-electron chi connectivity index (χ1n) is 11.7. The highest BCUT2D eigenvalue weighted by atomic mass is 35.5. The zero-order valence-electron chi connectivity index (χ0n) is 19.3. The van der Waals surface area contributed by atoms with E-state index in [1.807, 2.05) is 15.9 Å². The molecule has 0 radical (unpaired) electrons. The van der Waals surface area contributed by atoms with Gasteiger partial charge < -0.3 is 14.5 Å². The first kappa shape index (κ1) is 25.1. The summed E-state index contributed by atoms with van der Waals surface area (Å²) in [6, 6.07) is 4.95. The Morgan fingerprint density at radius 2 is 1.88 bits per heavy atom. The first-order valence-corrected chi connectivity index (χ1v) is 12.5. The highest BCUT2D eigenvalue weighted by Gasteiger charge is 2.55. The van der Waals surface area contributed by atoms with Crippen molar-refractivity contribution in [3.05, 3.63) is 33.8 Å². The number of fused-ring (bicyclic) bond motifs is 1. The third-order valence-corrected chi connectivity index (χ3v) is 8.27. The summed E-state index contributed by atoms with van der Waals surface area (Å²) in [4.78, 5) is 19.8. The van der Waals surface area contributed by atoms with E-state index in [1.165, 1.54) is 12.8 Å². The molecule has 0 saturated carbocycles. The monoisotopic (exact) mass is 503 g/mol. The average molecular weight is 504 g/mol. The first-order chi connectivity index (χ1) is 15.6. The summed E-state index contributed by atoms with van der Waals surface area (Å²) >= 11 is 12.2. The Balaban J connectivity index is 1.61. The van der Waals surface area contributed by atoms with Crippen LogP contribution in [-0.4, -0.2) is 90.6 Å². The van der Waals surface area contributed by atoms with Crippen LogP contribution in [0.15, 0.2) is 18.2 Å². The maximum absolute atomic E-state index is 14.0. The summed E-state index contributed by atoms with van der Waals surface area (Å²) in [6.07, 6.45) is 2.53. The maximum Gasteiger partial charge on any atom is 0.257 e. The lowest BCUT2D eigenvalue weighted by molar-refractivity contribution is -0.182. The van der Waals surface area contributed by atoms with Crippen LogP contribution in [0.25, 0.3) is 0 Å². The molecule has 1 amide bonds. The molecule has 1 aromatic rings.